The van der Waals surface area contributed by atoms with Gasteiger partial charge in [-0.15, -0.1) is 11.3 Å². The number of ether oxygens (including phenoxy) is 2. The van der Waals surface area contributed by atoms with Crippen molar-refractivity contribution in [3.05, 3.63) is 41.4 Å². The minimum absolute atomic E-state index is 0.165. The largest absolute Gasteiger partial charge is 0.857 e. The van der Waals surface area contributed by atoms with Gasteiger partial charge in [0.05, 0.1) is 16.3 Å². The molecule has 4 heterocycles. The molecule has 2 aliphatic rings. The van der Waals surface area contributed by atoms with E-state index in [9.17, 15) is 5.11 Å². The maximum Gasteiger partial charge on any atom is 0.320 e. The predicted octanol–water partition coefficient (Wildman–Crippen LogP) is 2.32. The van der Waals surface area contributed by atoms with Crippen LogP contribution in [-0.4, -0.2) is 22.9 Å². The Hall–Kier alpha value is -3.66. The zero-order valence-corrected chi connectivity index (χ0v) is 16.4. The highest BCUT2D eigenvalue weighted by Crippen LogP contribution is 2.38. The SMILES string of the molecule is Nc1c(/C([O-])=N/c2c[n+](C3CC3)no2)sc2nc(-c3ccc4c(c3)OCO4)ccc12. The van der Waals surface area contributed by atoms with E-state index in [-0.39, 0.29) is 12.7 Å². The summed E-state index contributed by atoms with van der Waals surface area (Å²) >= 11 is 1.21. The van der Waals surface area contributed by atoms with E-state index in [1.54, 1.807) is 10.9 Å². The van der Waals surface area contributed by atoms with E-state index in [1.807, 2.05) is 30.3 Å². The maximum absolute atomic E-state index is 12.7. The first-order chi connectivity index (χ1) is 14.7. The van der Waals surface area contributed by atoms with Crippen molar-refractivity contribution in [2.75, 3.05) is 12.5 Å². The van der Waals surface area contributed by atoms with E-state index < -0.39 is 5.90 Å². The molecule has 10 heteroatoms. The van der Waals surface area contributed by atoms with Crippen LogP contribution in [0.2, 0.25) is 0 Å². The third-order valence-corrected chi connectivity index (χ3v) is 6.16. The quantitative estimate of drug-likeness (QED) is 0.305. The number of nitrogens with two attached hydrogens (primary N) is 1. The van der Waals surface area contributed by atoms with Crippen LogP contribution in [-0.2, 0) is 0 Å². The number of fused-ring (bicyclic) bond motifs is 2. The van der Waals surface area contributed by atoms with Gasteiger partial charge in [0, 0.05) is 29.7 Å². The minimum Gasteiger partial charge on any atom is -0.857 e. The molecular formula is C20H15N5O4S. The minimum atomic E-state index is -0.473. The second-order valence-electron chi connectivity index (χ2n) is 7.13. The van der Waals surface area contributed by atoms with Crippen LogP contribution in [0.4, 0.5) is 11.6 Å². The molecule has 0 spiro atoms. The van der Waals surface area contributed by atoms with Gasteiger partial charge in [-0.1, -0.05) is 0 Å². The molecule has 4 aromatic rings. The Bertz CT molecular complexity index is 1320. The standard InChI is InChI=1S/C20H15N5O4S/c21-17-12-4-5-13(10-1-6-14-15(7-10)28-9-27-14)22-20(12)30-18(17)19(26)23-16-8-25(24-29-16)11-2-3-11/h1,4-8,11H,2-3,9H2,(H2-,21,23,24,26). The number of hydrogen-bond donors (Lipinski definition) is 1. The third kappa shape index (κ3) is 2.84. The molecule has 0 radical (unpaired) electrons. The highest BCUT2D eigenvalue weighted by molar-refractivity contribution is 7.21. The summed E-state index contributed by atoms with van der Waals surface area (Å²) in [4.78, 5) is 9.69. The highest BCUT2D eigenvalue weighted by Gasteiger charge is 2.35. The van der Waals surface area contributed by atoms with Crippen LogP contribution in [0.5, 0.6) is 11.5 Å². The maximum atomic E-state index is 12.7. The topological polar surface area (TPSA) is 123 Å². The molecule has 6 rings (SSSR count). The smallest absolute Gasteiger partial charge is 0.320 e. The summed E-state index contributed by atoms with van der Waals surface area (Å²) in [6.07, 6.45) is 3.76. The zero-order valence-electron chi connectivity index (χ0n) is 15.6. The summed E-state index contributed by atoms with van der Waals surface area (Å²) in [5.74, 6) is 1.09. The van der Waals surface area contributed by atoms with Crippen molar-refractivity contribution < 1.29 is 23.8 Å². The third-order valence-electron chi connectivity index (χ3n) is 5.06. The van der Waals surface area contributed by atoms with Gasteiger partial charge < -0.3 is 20.3 Å². The van der Waals surface area contributed by atoms with E-state index in [4.69, 9.17) is 19.7 Å². The molecule has 1 aliphatic heterocycles. The second-order valence-corrected chi connectivity index (χ2v) is 8.13. The number of benzene rings is 1. The highest BCUT2D eigenvalue weighted by atomic mass is 32.1. The van der Waals surface area contributed by atoms with Crippen molar-refractivity contribution in [3.8, 4) is 22.8 Å². The number of thiophene rings is 1. The number of aromatic nitrogens is 3. The molecular weight excluding hydrogens is 406 g/mol. The number of rotatable bonds is 4. The molecule has 1 aromatic carbocycles. The summed E-state index contributed by atoms with van der Waals surface area (Å²) in [5.41, 5.74) is 8.22. The van der Waals surface area contributed by atoms with Crippen molar-refractivity contribution in [3.63, 3.8) is 0 Å². The molecule has 2 N–H and O–H groups in total. The van der Waals surface area contributed by atoms with Crippen LogP contribution in [0.15, 0.2) is 46.0 Å². The first kappa shape index (κ1) is 17.2. The second kappa shape index (κ2) is 6.42. The van der Waals surface area contributed by atoms with Crippen LogP contribution in [0.25, 0.3) is 21.5 Å². The van der Waals surface area contributed by atoms with Crippen molar-refractivity contribution in [2.45, 2.75) is 18.9 Å². The van der Waals surface area contributed by atoms with E-state index in [0.717, 1.165) is 24.1 Å². The van der Waals surface area contributed by atoms with Crippen LogP contribution in [0.3, 0.4) is 0 Å². The zero-order chi connectivity index (χ0) is 20.2. The van der Waals surface area contributed by atoms with Gasteiger partial charge in [-0.05, 0) is 35.0 Å². The molecule has 0 atom stereocenters. The lowest BCUT2D eigenvalue weighted by Gasteiger charge is -2.06. The molecule has 1 saturated carbocycles. The summed E-state index contributed by atoms with van der Waals surface area (Å²) in [5, 5.41) is 17.3. The Morgan fingerprint density at radius 3 is 2.93 bits per heavy atom. The van der Waals surface area contributed by atoms with E-state index in [2.05, 4.69) is 15.2 Å². The lowest BCUT2D eigenvalue weighted by Crippen LogP contribution is -2.32. The molecule has 1 aliphatic carbocycles. The van der Waals surface area contributed by atoms with Gasteiger partial charge in [-0.2, -0.15) is 0 Å². The van der Waals surface area contributed by atoms with E-state index in [1.165, 1.54) is 11.3 Å². The van der Waals surface area contributed by atoms with Crippen molar-refractivity contribution in [2.24, 2.45) is 4.99 Å². The fraction of sp³-hybridized carbons (Fsp3) is 0.200. The fourth-order valence-electron chi connectivity index (χ4n) is 3.33. The van der Waals surface area contributed by atoms with Gasteiger partial charge in [0.15, 0.2) is 17.5 Å². The number of nitrogens with zero attached hydrogens (tertiary/aromatic N) is 4. The monoisotopic (exact) mass is 421 g/mol. The number of pyridine rings is 1. The number of nitrogen functional groups attached to an aromatic ring is 1. The number of anilines is 1. The van der Waals surface area contributed by atoms with E-state index >= 15 is 0 Å². The van der Waals surface area contributed by atoms with Gasteiger partial charge in [-0.3, -0.25) is 4.52 Å². The molecule has 30 heavy (non-hydrogen) atoms. The number of aliphatic imine (C=N–C) groups is 1. The molecule has 0 amide bonds. The first-order valence-electron chi connectivity index (χ1n) is 9.39. The van der Waals surface area contributed by atoms with Crippen LogP contribution >= 0.6 is 11.3 Å². The van der Waals surface area contributed by atoms with Crippen LogP contribution in [0.1, 0.15) is 23.8 Å². The molecule has 1 fully saturated rings. The van der Waals surface area contributed by atoms with Crippen molar-refractivity contribution in [1.29, 1.82) is 0 Å². The molecule has 3 aromatic heterocycles. The van der Waals surface area contributed by atoms with Gasteiger partial charge in [-0.25, -0.2) is 9.98 Å². The summed E-state index contributed by atoms with van der Waals surface area (Å²) in [7, 11) is 0. The fourth-order valence-corrected chi connectivity index (χ4v) is 4.31. The molecule has 9 nitrogen and oxygen atoms in total. The number of hydrogen-bond acceptors (Lipinski definition) is 9. The first-order valence-corrected chi connectivity index (χ1v) is 10.2. The van der Waals surface area contributed by atoms with E-state index in [0.29, 0.717) is 38.3 Å². The van der Waals surface area contributed by atoms with Gasteiger partial charge in [0.1, 0.15) is 4.83 Å². The molecule has 0 unspecified atom stereocenters. The summed E-state index contributed by atoms with van der Waals surface area (Å²) in [6.45, 7) is 0.216. The Morgan fingerprint density at radius 2 is 2.07 bits per heavy atom. The lowest BCUT2D eigenvalue weighted by atomic mass is 10.1. The summed E-state index contributed by atoms with van der Waals surface area (Å²) in [6, 6.07) is 9.73. The predicted molar refractivity (Wildman–Crippen MR) is 107 cm³/mol. The average molecular weight is 421 g/mol. The average Bonchev–Trinajstić information content (AvgIpc) is 3.18. The normalized spacial score (nSPS) is 15.8. The van der Waals surface area contributed by atoms with Gasteiger partial charge in [0.2, 0.25) is 12.1 Å². The van der Waals surface area contributed by atoms with Crippen LogP contribution in [0, 0.1) is 0 Å². The Balaban J connectivity index is 1.36. The summed E-state index contributed by atoms with van der Waals surface area (Å²) < 4.78 is 17.6. The Kier molecular flexibility index (Phi) is 3.69. The Morgan fingerprint density at radius 1 is 1.20 bits per heavy atom. The molecule has 0 saturated heterocycles. The van der Waals surface area contributed by atoms with Crippen molar-refractivity contribution in [1.82, 2.24) is 10.3 Å². The lowest BCUT2D eigenvalue weighted by molar-refractivity contribution is -0.765. The van der Waals surface area contributed by atoms with Gasteiger partial charge in [0.25, 0.3) is 6.20 Å². The van der Waals surface area contributed by atoms with Gasteiger partial charge >= 0.3 is 5.88 Å². The van der Waals surface area contributed by atoms with Crippen LogP contribution < -0.4 is 25.0 Å². The molecule has 150 valence electrons. The molecule has 0 bridgehead atoms. The van der Waals surface area contributed by atoms with Crippen molar-refractivity contribution >= 4 is 39.0 Å². The Labute approximate surface area is 174 Å².